The van der Waals surface area contributed by atoms with Gasteiger partial charge in [0.05, 0.1) is 0 Å². The van der Waals surface area contributed by atoms with Gasteiger partial charge in [0.2, 0.25) is 0 Å². The summed E-state index contributed by atoms with van der Waals surface area (Å²) in [6.45, 7) is 4.27. The third-order valence-corrected chi connectivity index (χ3v) is 5.25. The van der Waals surface area contributed by atoms with Crippen LogP contribution < -0.4 is 4.90 Å². The molecule has 0 aliphatic carbocycles. The first kappa shape index (κ1) is 12.7. The summed E-state index contributed by atoms with van der Waals surface area (Å²) in [5.74, 6) is 0. The first-order valence-corrected chi connectivity index (χ1v) is 8.06. The highest BCUT2D eigenvalue weighted by Crippen LogP contribution is 2.42. The second kappa shape index (κ2) is 4.74. The molecule has 0 N–H and O–H groups in total. The first-order valence-electron chi connectivity index (χ1n) is 7.26. The number of benzene rings is 2. The summed E-state index contributed by atoms with van der Waals surface area (Å²) in [7, 11) is 0. The Balaban J connectivity index is 1.56. The van der Waals surface area contributed by atoms with Gasteiger partial charge < -0.3 is 9.64 Å². The average Bonchev–Trinajstić information content (AvgIpc) is 2.45. The number of nitrogens with zero attached hydrogens (tertiary/aromatic N) is 1. The van der Waals surface area contributed by atoms with E-state index in [1.54, 1.807) is 0 Å². The monoisotopic (exact) mass is 331 g/mol. The minimum atomic E-state index is 0.535. The van der Waals surface area contributed by atoms with E-state index in [-0.39, 0.29) is 0 Å². The molecular formula is C17H18BrNO. The minimum absolute atomic E-state index is 0.535. The van der Waals surface area contributed by atoms with E-state index in [1.165, 1.54) is 42.4 Å². The van der Waals surface area contributed by atoms with Crippen molar-refractivity contribution in [2.75, 3.05) is 31.2 Å². The number of halogens is 1. The highest BCUT2D eigenvalue weighted by molar-refractivity contribution is 9.10. The lowest BCUT2D eigenvalue weighted by Gasteiger charge is -2.53. The van der Waals surface area contributed by atoms with Crippen molar-refractivity contribution in [1.82, 2.24) is 0 Å². The van der Waals surface area contributed by atoms with Gasteiger partial charge in [-0.2, -0.15) is 0 Å². The molecule has 2 aromatic rings. The SMILES string of the molecule is Brc1ccc2cc(N3CC4(CCOCC4)C3)ccc2c1. The van der Waals surface area contributed by atoms with Crippen LogP contribution in [0.25, 0.3) is 10.8 Å². The molecule has 0 amide bonds. The summed E-state index contributed by atoms with van der Waals surface area (Å²) >= 11 is 3.53. The van der Waals surface area contributed by atoms with Crippen LogP contribution in [0.5, 0.6) is 0 Å². The van der Waals surface area contributed by atoms with Gasteiger partial charge in [-0.25, -0.2) is 0 Å². The van der Waals surface area contributed by atoms with Crippen LogP contribution in [0, 0.1) is 5.41 Å². The predicted octanol–water partition coefficient (Wildman–Crippen LogP) is 4.22. The number of fused-ring (bicyclic) bond motifs is 1. The van der Waals surface area contributed by atoms with E-state index in [1.807, 2.05) is 0 Å². The van der Waals surface area contributed by atoms with E-state index < -0.39 is 0 Å². The quantitative estimate of drug-likeness (QED) is 0.775. The Bertz CT molecular complexity index is 640. The molecule has 2 fully saturated rings. The van der Waals surface area contributed by atoms with E-state index in [4.69, 9.17) is 4.74 Å². The maximum Gasteiger partial charge on any atom is 0.0472 e. The molecule has 0 unspecified atom stereocenters. The summed E-state index contributed by atoms with van der Waals surface area (Å²) in [6, 6.07) is 13.3. The van der Waals surface area contributed by atoms with Gasteiger partial charge in [-0.05, 0) is 47.9 Å². The highest BCUT2D eigenvalue weighted by atomic mass is 79.9. The molecule has 3 heteroatoms. The van der Waals surface area contributed by atoms with Crippen LogP contribution >= 0.6 is 15.9 Å². The summed E-state index contributed by atoms with van der Waals surface area (Å²) in [5, 5.41) is 2.61. The molecule has 2 aromatic carbocycles. The van der Waals surface area contributed by atoms with Crippen molar-refractivity contribution >= 4 is 32.4 Å². The molecule has 4 rings (SSSR count). The maximum atomic E-state index is 5.49. The van der Waals surface area contributed by atoms with Crippen molar-refractivity contribution in [3.63, 3.8) is 0 Å². The number of anilines is 1. The Morgan fingerprint density at radius 2 is 1.65 bits per heavy atom. The van der Waals surface area contributed by atoms with Crippen LogP contribution in [-0.2, 0) is 4.74 Å². The smallest absolute Gasteiger partial charge is 0.0472 e. The van der Waals surface area contributed by atoms with Crippen LogP contribution in [0.2, 0.25) is 0 Å². The first-order chi connectivity index (χ1) is 9.74. The van der Waals surface area contributed by atoms with Crippen LogP contribution in [0.1, 0.15) is 12.8 Å². The second-order valence-corrected chi connectivity index (χ2v) is 7.06. The summed E-state index contributed by atoms with van der Waals surface area (Å²) < 4.78 is 6.63. The molecule has 20 heavy (non-hydrogen) atoms. The molecule has 0 radical (unpaired) electrons. The van der Waals surface area contributed by atoms with E-state index in [2.05, 4.69) is 57.2 Å². The third-order valence-electron chi connectivity index (χ3n) is 4.76. The lowest BCUT2D eigenvalue weighted by atomic mass is 9.73. The van der Waals surface area contributed by atoms with Crippen molar-refractivity contribution in [2.24, 2.45) is 5.41 Å². The molecule has 104 valence electrons. The summed E-state index contributed by atoms with van der Waals surface area (Å²) in [6.07, 6.45) is 2.45. The molecule has 2 aliphatic heterocycles. The standard InChI is InChI=1S/C17H18BrNO/c18-15-3-1-14-10-16(4-2-13(14)9-15)19-11-17(12-19)5-7-20-8-6-17/h1-4,9-10H,5-8,11-12H2. The fourth-order valence-electron chi connectivity index (χ4n) is 3.47. The topological polar surface area (TPSA) is 12.5 Å². The van der Waals surface area contributed by atoms with E-state index in [0.717, 1.165) is 17.7 Å². The van der Waals surface area contributed by atoms with Gasteiger partial charge in [0.25, 0.3) is 0 Å². The molecule has 2 heterocycles. The summed E-state index contributed by atoms with van der Waals surface area (Å²) in [4.78, 5) is 2.51. The molecule has 0 bridgehead atoms. The zero-order chi connectivity index (χ0) is 13.6. The van der Waals surface area contributed by atoms with Gasteiger partial charge in [0.1, 0.15) is 0 Å². The number of ether oxygens (including phenoxy) is 1. The minimum Gasteiger partial charge on any atom is -0.381 e. The third kappa shape index (κ3) is 2.13. The molecule has 0 atom stereocenters. The maximum absolute atomic E-state index is 5.49. The van der Waals surface area contributed by atoms with Gasteiger partial charge in [-0.3, -0.25) is 0 Å². The van der Waals surface area contributed by atoms with Crippen LogP contribution in [0.3, 0.4) is 0 Å². The zero-order valence-corrected chi connectivity index (χ0v) is 13.0. The van der Waals surface area contributed by atoms with Crippen LogP contribution in [0.15, 0.2) is 40.9 Å². The number of hydrogen-bond donors (Lipinski definition) is 0. The Hall–Kier alpha value is -1.06. The van der Waals surface area contributed by atoms with E-state index in [0.29, 0.717) is 5.41 Å². The number of hydrogen-bond acceptors (Lipinski definition) is 2. The molecule has 0 saturated carbocycles. The lowest BCUT2D eigenvalue weighted by molar-refractivity contribution is -0.000183. The molecule has 2 saturated heterocycles. The van der Waals surface area contributed by atoms with Crippen molar-refractivity contribution in [3.8, 4) is 0 Å². The average molecular weight is 332 g/mol. The lowest BCUT2D eigenvalue weighted by Crippen LogP contribution is -2.58. The van der Waals surface area contributed by atoms with Gasteiger partial charge in [-0.15, -0.1) is 0 Å². The predicted molar refractivity (Wildman–Crippen MR) is 86.3 cm³/mol. The van der Waals surface area contributed by atoms with Crippen molar-refractivity contribution < 1.29 is 4.74 Å². The molecule has 2 aliphatic rings. The molecule has 2 nitrogen and oxygen atoms in total. The molecule has 1 spiro atoms. The van der Waals surface area contributed by atoms with Crippen LogP contribution in [0.4, 0.5) is 5.69 Å². The highest BCUT2D eigenvalue weighted by Gasteiger charge is 2.43. The zero-order valence-electron chi connectivity index (χ0n) is 11.4. The summed E-state index contributed by atoms with van der Waals surface area (Å²) in [5.41, 5.74) is 1.89. The Morgan fingerprint density at radius 3 is 2.45 bits per heavy atom. The van der Waals surface area contributed by atoms with Crippen molar-refractivity contribution in [3.05, 3.63) is 40.9 Å². The molecule has 0 aromatic heterocycles. The van der Waals surface area contributed by atoms with Gasteiger partial charge in [0.15, 0.2) is 0 Å². The Kier molecular flexibility index (Phi) is 3.00. The largest absolute Gasteiger partial charge is 0.381 e. The molecular weight excluding hydrogens is 314 g/mol. The fraction of sp³-hybridized carbons (Fsp3) is 0.412. The Morgan fingerprint density at radius 1 is 0.950 bits per heavy atom. The van der Waals surface area contributed by atoms with Gasteiger partial charge in [-0.1, -0.05) is 28.1 Å². The normalized spacial score (nSPS) is 21.1. The van der Waals surface area contributed by atoms with Crippen LogP contribution in [-0.4, -0.2) is 26.3 Å². The Labute approximate surface area is 127 Å². The van der Waals surface area contributed by atoms with E-state index >= 15 is 0 Å². The number of rotatable bonds is 1. The fourth-order valence-corrected chi connectivity index (χ4v) is 3.85. The van der Waals surface area contributed by atoms with Gasteiger partial charge >= 0.3 is 0 Å². The van der Waals surface area contributed by atoms with Gasteiger partial charge in [0, 0.05) is 41.9 Å². The van der Waals surface area contributed by atoms with E-state index in [9.17, 15) is 0 Å². The van der Waals surface area contributed by atoms with Crippen molar-refractivity contribution in [2.45, 2.75) is 12.8 Å². The second-order valence-electron chi connectivity index (χ2n) is 6.14. The van der Waals surface area contributed by atoms with Crippen molar-refractivity contribution in [1.29, 1.82) is 0 Å².